The lowest BCUT2D eigenvalue weighted by molar-refractivity contribution is 0.185. The molecule has 0 N–H and O–H groups in total. The molecule has 0 radical (unpaired) electrons. The van der Waals surface area contributed by atoms with Crippen LogP contribution in [0.3, 0.4) is 0 Å². The fourth-order valence-electron chi connectivity index (χ4n) is 2.61. The molecular formula is C17H27NO4S. The average molecular weight is 341 g/mol. The van der Waals surface area contributed by atoms with Crippen molar-refractivity contribution in [3.63, 3.8) is 0 Å². The van der Waals surface area contributed by atoms with Crippen molar-refractivity contribution in [3.05, 3.63) is 24.3 Å². The van der Waals surface area contributed by atoms with Crippen LogP contribution in [0.25, 0.3) is 0 Å². The van der Waals surface area contributed by atoms with Gasteiger partial charge in [0.1, 0.15) is 11.5 Å². The van der Waals surface area contributed by atoms with E-state index in [-0.39, 0.29) is 0 Å². The maximum absolute atomic E-state index is 11.5. The van der Waals surface area contributed by atoms with Crippen molar-refractivity contribution in [2.75, 3.05) is 32.6 Å². The van der Waals surface area contributed by atoms with E-state index in [1.54, 1.807) is 4.31 Å². The van der Waals surface area contributed by atoms with Crippen LogP contribution in [0, 0.1) is 5.92 Å². The van der Waals surface area contributed by atoms with Crippen molar-refractivity contribution in [3.8, 4) is 11.5 Å². The third kappa shape index (κ3) is 6.03. The Labute approximate surface area is 139 Å². The largest absolute Gasteiger partial charge is 0.493 e. The molecule has 1 aliphatic rings. The smallest absolute Gasteiger partial charge is 0.211 e. The Morgan fingerprint density at radius 1 is 1.17 bits per heavy atom. The van der Waals surface area contributed by atoms with Crippen LogP contribution in [0.2, 0.25) is 0 Å². The van der Waals surface area contributed by atoms with E-state index in [4.69, 9.17) is 9.47 Å². The number of sulfonamides is 1. The molecule has 1 saturated heterocycles. The molecule has 0 unspecified atom stereocenters. The molecule has 0 aliphatic carbocycles. The molecule has 1 aromatic rings. The molecule has 1 aliphatic heterocycles. The van der Waals surface area contributed by atoms with Gasteiger partial charge in [-0.1, -0.05) is 19.4 Å². The third-order valence-electron chi connectivity index (χ3n) is 4.10. The maximum atomic E-state index is 11.5. The molecule has 0 bridgehead atoms. The Bertz CT molecular complexity index is 580. The lowest BCUT2D eigenvalue weighted by Gasteiger charge is -2.30. The first-order chi connectivity index (χ1) is 11.0. The summed E-state index contributed by atoms with van der Waals surface area (Å²) in [4.78, 5) is 0. The van der Waals surface area contributed by atoms with E-state index in [1.165, 1.54) is 6.26 Å². The van der Waals surface area contributed by atoms with Crippen LogP contribution in [-0.2, 0) is 10.0 Å². The highest BCUT2D eigenvalue weighted by atomic mass is 32.2. The summed E-state index contributed by atoms with van der Waals surface area (Å²) >= 11 is 0. The van der Waals surface area contributed by atoms with Gasteiger partial charge in [0.2, 0.25) is 10.0 Å². The molecule has 1 heterocycles. The van der Waals surface area contributed by atoms with Gasteiger partial charge in [-0.2, -0.15) is 0 Å². The minimum absolute atomic E-state index is 0.401. The fourth-order valence-corrected chi connectivity index (χ4v) is 3.48. The van der Waals surface area contributed by atoms with Gasteiger partial charge in [-0.3, -0.25) is 0 Å². The van der Waals surface area contributed by atoms with Crippen LogP contribution < -0.4 is 9.47 Å². The van der Waals surface area contributed by atoms with Crippen molar-refractivity contribution < 1.29 is 17.9 Å². The highest BCUT2D eigenvalue weighted by Crippen LogP contribution is 2.23. The van der Waals surface area contributed by atoms with E-state index in [9.17, 15) is 8.42 Å². The highest BCUT2D eigenvalue weighted by molar-refractivity contribution is 7.88. The first kappa shape index (κ1) is 18.1. The third-order valence-corrected chi connectivity index (χ3v) is 5.40. The number of piperidine rings is 1. The van der Waals surface area contributed by atoms with Crippen LogP contribution in [0.15, 0.2) is 24.3 Å². The zero-order chi connectivity index (χ0) is 16.7. The van der Waals surface area contributed by atoms with Gasteiger partial charge in [-0.15, -0.1) is 0 Å². The topological polar surface area (TPSA) is 55.8 Å². The molecule has 5 nitrogen and oxygen atoms in total. The summed E-state index contributed by atoms with van der Waals surface area (Å²) in [6.45, 7) is 4.66. The minimum atomic E-state index is -3.06. The van der Waals surface area contributed by atoms with Gasteiger partial charge in [0, 0.05) is 19.2 Å². The standard InChI is InChI=1S/C17H27NO4S/c1-3-4-12-21-16-6-5-7-17(13-16)22-14-15-8-10-18(11-9-15)23(2,19)20/h5-7,13,15H,3-4,8-12,14H2,1-2H3. The number of unbranched alkanes of at least 4 members (excludes halogenated alkanes) is 1. The van der Waals surface area contributed by atoms with Crippen LogP contribution >= 0.6 is 0 Å². The Morgan fingerprint density at radius 3 is 2.43 bits per heavy atom. The maximum Gasteiger partial charge on any atom is 0.211 e. The van der Waals surface area contributed by atoms with Crippen LogP contribution in [0.4, 0.5) is 0 Å². The highest BCUT2D eigenvalue weighted by Gasteiger charge is 2.25. The lowest BCUT2D eigenvalue weighted by Crippen LogP contribution is -2.39. The molecule has 0 atom stereocenters. The van der Waals surface area contributed by atoms with Crippen molar-refractivity contribution in [1.29, 1.82) is 0 Å². The predicted molar refractivity (Wildman–Crippen MR) is 91.5 cm³/mol. The second kappa shape index (κ2) is 8.55. The Balaban J connectivity index is 1.77. The molecule has 0 saturated carbocycles. The summed E-state index contributed by atoms with van der Waals surface area (Å²) in [6.07, 6.45) is 5.12. The van der Waals surface area contributed by atoms with E-state index in [0.717, 1.165) is 43.8 Å². The number of hydrogen-bond donors (Lipinski definition) is 0. The van der Waals surface area contributed by atoms with Gasteiger partial charge in [-0.25, -0.2) is 12.7 Å². The molecule has 0 amide bonds. The molecule has 23 heavy (non-hydrogen) atoms. The predicted octanol–water partition coefficient (Wildman–Crippen LogP) is 2.92. The van der Waals surface area contributed by atoms with Crippen molar-refractivity contribution >= 4 is 10.0 Å². The SMILES string of the molecule is CCCCOc1cccc(OCC2CCN(S(C)(=O)=O)CC2)c1. The number of hydrogen-bond acceptors (Lipinski definition) is 4. The molecule has 0 spiro atoms. The normalized spacial score (nSPS) is 17.1. The number of benzene rings is 1. The van der Waals surface area contributed by atoms with Gasteiger partial charge in [0.05, 0.1) is 19.5 Å². The quantitative estimate of drug-likeness (QED) is 0.682. The number of ether oxygens (including phenoxy) is 2. The number of nitrogens with zero attached hydrogens (tertiary/aromatic N) is 1. The monoisotopic (exact) mass is 341 g/mol. The molecule has 2 rings (SSSR count). The van der Waals surface area contributed by atoms with Crippen molar-refractivity contribution in [2.45, 2.75) is 32.6 Å². The summed E-state index contributed by atoms with van der Waals surface area (Å²) < 4.78 is 36.1. The first-order valence-corrected chi connectivity index (χ1v) is 10.1. The lowest BCUT2D eigenvalue weighted by atomic mass is 9.99. The van der Waals surface area contributed by atoms with Gasteiger partial charge in [0.25, 0.3) is 0 Å². The Hall–Kier alpha value is -1.27. The molecule has 1 aromatic carbocycles. The molecule has 1 fully saturated rings. The second-order valence-electron chi connectivity index (χ2n) is 6.09. The molecule has 130 valence electrons. The van der Waals surface area contributed by atoms with Crippen LogP contribution in [0.1, 0.15) is 32.6 Å². The summed E-state index contributed by atoms with van der Waals surface area (Å²) in [6, 6.07) is 7.72. The van der Waals surface area contributed by atoms with Gasteiger partial charge in [-0.05, 0) is 37.3 Å². The van der Waals surface area contributed by atoms with E-state index >= 15 is 0 Å². The molecule has 6 heteroatoms. The summed E-state index contributed by atoms with van der Waals surface area (Å²) in [5.74, 6) is 2.05. The Morgan fingerprint density at radius 2 is 1.83 bits per heavy atom. The van der Waals surface area contributed by atoms with Crippen molar-refractivity contribution in [2.24, 2.45) is 5.92 Å². The van der Waals surface area contributed by atoms with E-state index in [2.05, 4.69) is 6.92 Å². The zero-order valence-corrected chi connectivity index (χ0v) is 14.8. The van der Waals surface area contributed by atoms with E-state index in [0.29, 0.717) is 25.6 Å². The van der Waals surface area contributed by atoms with Gasteiger partial charge in [0.15, 0.2) is 0 Å². The van der Waals surface area contributed by atoms with Crippen LogP contribution in [-0.4, -0.2) is 45.3 Å². The average Bonchev–Trinajstić information content (AvgIpc) is 2.53. The summed E-state index contributed by atoms with van der Waals surface area (Å²) in [5.41, 5.74) is 0. The first-order valence-electron chi connectivity index (χ1n) is 8.30. The minimum Gasteiger partial charge on any atom is -0.493 e. The summed E-state index contributed by atoms with van der Waals surface area (Å²) in [5, 5.41) is 0. The van der Waals surface area contributed by atoms with E-state index in [1.807, 2.05) is 24.3 Å². The Kier molecular flexibility index (Phi) is 6.72. The van der Waals surface area contributed by atoms with Gasteiger partial charge >= 0.3 is 0 Å². The summed E-state index contributed by atoms with van der Waals surface area (Å²) in [7, 11) is -3.06. The van der Waals surface area contributed by atoms with Crippen LogP contribution in [0.5, 0.6) is 11.5 Å². The van der Waals surface area contributed by atoms with Crippen molar-refractivity contribution in [1.82, 2.24) is 4.31 Å². The van der Waals surface area contributed by atoms with Gasteiger partial charge < -0.3 is 9.47 Å². The zero-order valence-electron chi connectivity index (χ0n) is 14.0. The van der Waals surface area contributed by atoms with E-state index < -0.39 is 10.0 Å². The molecule has 0 aromatic heterocycles. The fraction of sp³-hybridized carbons (Fsp3) is 0.647. The molecular weight excluding hydrogens is 314 g/mol. The second-order valence-corrected chi connectivity index (χ2v) is 8.08. The number of rotatable bonds is 8.